The number of carbonyl (C=O) groups is 4. The monoisotopic (exact) mass is 609 g/mol. The van der Waals surface area contributed by atoms with Crippen LogP contribution in [0, 0.1) is 31.2 Å². The van der Waals surface area contributed by atoms with Crippen molar-refractivity contribution in [1.29, 1.82) is 0 Å². The molecule has 1 fully saturated rings. The fraction of sp³-hybridized carbons (Fsp3) is 0.484. The first kappa shape index (κ1) is 33.8. The number of carbonyl (C=O) groups excluding carboxylic acids is 4. The van der Waals surface area contributed by atoms with E-state index in [4.69, 9.17) is 30.4 Å². The highest BCUT2D eigenvalue weighted by atomic mass is 16.7. The zero-order chi connectivity index (χ0) is 32.6. The van der Waals surface area contributed by atoms with Crippen LogP contribution in [0.25, 0.3) is 21.9 Å². The van der Waals surface area contributed by atoms with Crippen molar-refractivity contribution >= 4 is 36.0 Å². The van der Waals surface area contributed by atoms with Gasteiger partial charge in [0, 0.05) is 5.56 Å². The maximum Gasteiger partial charge on any atom is 0.331 e. The largest absolute Gasteiger partial charge is 0.469 e. The van der Waals surface area contributed by atoms with Gasteiger partial charge in [0.2, 0.25) is 5.88 Å². The van der Waals surface area contributed by atoms with Gasteiger partial charge in [-0.2, -0.15) is 5.48 Å². The third-order valence-electron chi connectivity index (χ3n) is 7.67. The molecule has 1 aliphatic rings. The number of methoxy groups -OCH3 is 2. The van der Waals surface area contributed by atoms with Crippen molar-refractivity contribution < 1.29 is 38.2 Å². The Morgan fingerprint density at radius 3 is 2.16 bits per heavy atom. The highest BCUT2D eigenvalue weighted by molar-refractivity contribution is 6.04. The number of hydrogen-bond donors (Lipinski definition) is 2. The van der Waals surface area contributed by atoms with Crippen LogP contribution in [0.4, 0.5) is 5.69 Å². The van der Waals surface area contributed by atoms with Crippen molar-refractivity contribution in [2.45, 2.75) is 65.5 Å². The number of nitrogens with zero attached hydrogens (tertiary/aromatic N) is 3. The zero-order valence-electron chi connectivity index (χ0n) is 25.8. The van der Waals surface area contributed by atoms with E-state index in [1.807, 2.05) is 38.0 Å². The molecule has 1 saturated carbocycles. The molecule has 0 bridgehead atoms. The lowest BCUT2D eigenvalue weighted by molar-refractivity contribution is -0.144. The van der Waals surface area contributed by atoms with Gasteiger partial charge >= 0.3 is 17.9 Å². The minimum atomic E-state index is -0.852. The Morgan fingerprint density at radius 1 is 1.07 bits per heavy atom. The van der Waals surface area contributed by atoms with Crippen LogP contribution in [-0.4, -0.2) is 65.7 Å². The summed E-state index contributed by atoms with van der Waals surface area (Å²) in [6.07, 6.45) is 1.13. The lowest BCUT2D eigenvalue weighted by atomic mass is 9.75. The topological polar surface area (TPSA) is 155 Å². The third-order valence-corrected chi connectivity index (χ3v) is 7.67. The molecule has 1 aromatic carbocycles. The lowest BCUT2D eigenvalue weighted by Gasteiger charge is -2.37. The highest BCUT2D eigenvalue weighted by Crippen LogP contribution is 2.40. The molecule has 3 aromatic rings. The molecule has 236 valence electrons. The second-order valence-corrected chi connectivity index (χ2v) is 11.1. The average Bonchev–Trinajstić information content (AvgIpc) is 3.55. The number of ether oxygens (including phenoxy) is 3. The Morgan fingerprint density at radius 2 is 1.64 bits per heavy atom. The number of H-pyrrole nitrogens is 1. The van der Waals surface area contributed by atoms with E-state index in [9.17, 15) is 14.4 Å². The maximum atomic E-state index is 13.8. The summed E-state index contributed by atoms with van der Waals surface area (Å²) in [6, 6.07) is 6.78. The maximum absolute atomic E-state index is 13.8. The van der Waals surface area contributed by atoms with Gasteiger partial charge in [-0.1, -0.05) is 50.6 Å². The molecule has 0 saturated heterocycles. The van der Waals surface area contributed by atoms with Gasteiger partial charge in [-0.25, -0.2) is 19.1 Å². The molecule has 1 aliphatic carbocycles. The quantitative estimate of drug-likeness (QED) is 0.144. The van der Waals surface area contributed by atoms with E-state index in [2.05, 4.69) is 41.2 Å². The summed E-state index contributed by atoms with van der Waals surface area (Å²) < 4.78 is 16.9. The number of hydrogen-bond acceptors (Lipinski definition) is 10. The van der Waals surface area contributed by atoms with Crippen LogP contribution < -0.4 is 10.3 Å². The SMILES string of the molecule is C=O.[C-]#[N+]c1c(C(=O)OC2C(C)CC(C)CC2C)c2nc(-c3ccc(C)cc3)[nH]n2c1ONC(CC(=O)OC)CC(=O)OC. The Labute approximate surface area is 256 Å². The number of esters is 3. The van der Waals surface area contributed by atoms with Crippen LogP contribution in [-0.2, 0) is 28.6 Å². The summed E-state index contributed by atoms with van der Waals surface area (Å²) in [6.45, 7) is 18.2. The summed E-state index contributed by atoms with van der Waals surface area (Å²) in [7, 11) is 2.46. The summed E-state index contributed by atoms with van der Waals surface area (Å²) in [5.41, 5.74) is 4.49. The van der Waals surface area contributed by atoms with Crippen molar-refractivity contribution in [3.63, 3.8) is 0 Å². The molecule has 0 aliphatic heterocycles. The van der Waals surface area contributed by atoms with Crippen LogP contribution in [0.2, 0.25) is 0 Å². The lowest BCUT2D eigenvalue weighted by Crippen LogP contribution is -2.37. The highest BCUT2D eigenvalue weighted by Gasteiger charge is 2.37. The van der Waals surface area contributed by atoms with Crippen LogP contribution in [0.15, 0.2) is 24.3 Å². The third kappa shape index (κ3) is 7.62. The molecule has 0 spiro atoms. The van der Waals surface area contributed by atoms with Crippen molar-refractivity contribution in [1.82, 2.24) is 20.1 Å². The van der Waals surface area contributed by atoms with Crippen LogP contribution in [0.3, 0.4) is 0 Å². The molecule has 13 heteroatoms. The summed E-state index contributed by atoms with van der Waals surface area (Å²) >= 11 is 0. The predicted molar refractivity (Wildman–Crippen MR) is 160 cm³/mol. The van der Waals surface area contributed by atoms with Gasteiger partial charge < -0.3 is 23.8 Å². The molecule has 13 nitrogen and oxygen atoms in total. The Bertz CT molecular complexity index is 1480. The number of hydroxylamine groups is 1. The van der Waals surface area contributed by atoms with E-state index in [1.165, 1.54) is 18.7 Å². The van der Waals surface area contributed by atoms with Crippen LogP contribution >= 0.6 is 0 Å². The first-order chi connectivity index (χ1) is 21.1. The standard InChI is InChI=1S/C30H37N5O7.CH2O/c1-16-8-10-20(11-9-16)27-32-28-24(30(38)41-26-18(3)12-17(2)13-19(26)4)25(31-5)29(35(28)33-27)42-34-21(14-22(36)39-6)15-23(37)40-7;1-2/h8-11,17-19,21,26,34H,12-15H2,1-4,6-7H3,(H,32,33);1H2. The Balaban J connectivity index is 0.00000259. The first-order valence-corrected chi connectivity index (χ1v) is 14.2. The second-order valence-electron chi connectivity index (χ2n) is 11.1. The number of aromatic nitrogens is 3. The summed E-state index contributed by atoms with van der Waals surface area (Å²) in [4.78, 5) is 59.8. The molecular formula is C31H39N5O8. The van der Waals surface area contributed by atoms with Gasteiger partial charge in [-0.15, -0.1) is 0 Å². The number of benzene rings is 1. The minimum Gasteiger partial charge on any atom is -0.469 e. The predicted octanol–water partition coefficient (Wildman–Crippen LogP) is 4.61. The van der Waals surface area contributed by atoms with E-state index in [0.29, 0.717) is 11.7 Å². The molecule has 2 heterocycles. The van der Waals surface area contributed by atoms with E-state index in [0.717, 1.165) is 24.0 Å². The van der Waals surface area contributed by atoms with E-state index >= 15 is 0 Å². The molecule has 0 amide bonds. The smallest absolute Gasteiger partial charge is 0.331 e. The van der Waals surface area contributed by atoms with E-state index in [1.54, 1.807) is 0 Å². The van der Waals surface area contributed by atoms with Gasteiger partial charge in [-0.3, -0.25) is 14.7 Å². The number of rotatable bonds is 10. The zero-order valence-corrected chi connectivity index (χ0v) is 25.8. The molecule has 4 rings (SSSR count). The summed E-state index contributed by atoms with van der Waals surface area (Å²) in [5.74, 6) is -0.633. The molecule has 2 N–H and O–H groups in total. The van der Waals surface area contributed by atoms with E-state index < -0.39 is 23.9 Å². The fourth-order valence-electron chi connectivity index (χ4n) is 5.67. The first-order valence-electron chi connectivity index (χ1n) is 14.2. The van der Waals surface area contributed by atoms with Gasteiger partial charge in [0.25, 0.3) is 5.69 Å². The summed E-state index contributed by atoms with van der Waals surface area (Å²) in [5, 5.41) is 3.11. The van der Waals surface area contributed by atoms with Gasteiger partial charge in [0.05, 0.1) is 39.7 Å². The van der Waals surface area contributed by atoms with Crippen LogP contribution in [0.1, 0.15) is 62.4 Å². The average molecular weight is 610 g/mol. The Hall–Kier alpha value is -4.70. The molecular weight excluding hydrogens is 570 g/mol. The van der Waals surface area contributed by atoms with Gasteiger partial charge in [0.15, 0.2) is 11.5 Å². The normalized spacial score (nSPS) is 19.4. The second kappa shape index (κ2) is 15.2. The number of aromatic amines is 1. The number of aryl methyl sites for hydroxylation is 1. The van der Waals surface area contributed by atoms with Crippen LogP contribution in [0.5, 0.6) is 5.88 Å². The molecule has 44 heavy (non-hydrogen) atoms. The number of nitrogens with one attached hydrogen (secondary N) is 2. The van der Waals surface area contributed by atoms with Gasteiger partial charge in [0.1, 0.15) is 18.5 Å². The molecule has 2 atom stereocenters. The minimum absolute atomic E-state index is 0.0353. The molecule has 0 radical (unpaired) electrons. The Kier molecular flexibility index (Phi) is 11.6. The molecule has 2 aromatic heterocycles. The van der Waals surface area contributed by atoms with Crippen molar-refractivity contribution in [2.75, 3.05) is 14.2 Å². The fourth-order valence-corrected chi connectivity index (χ4v) is 5.67. The van der Waals surface area contributed by atoms with Crippen molar-refractivity contribution in [3.8, 4) is 17.3 Å². The number of fused-ring (bicyclic) bond motifs is 1. The van der Waals surface area contributed by atoms with E-state index in [-0.39, 0.29) is 53.6 Å². The van der Waals surface area contributed by atoms with Crippen molar-refractivity contribution in [3.05, 3.63) is 46.8 Å². The molecule has 2 unspecified atom stereocenters. The van der Waals surface area contributed by atoms with Crippen molar-refractivity contribution in [2.24, 2.45) is 17.8 Å². The van der Waals surface area contributed by atoms with Gasteiger partial charge in [-0.05, 0) is 37.5 Å².